The summed E-state index contributed by atoms with van der Waals surface area (Å²) in [5.41, 5.74) is 6.62. The van der Waals surface area contributed by atoms with Crippen LogP contribution in [-0.2, 0) is 6.54 Å². The van der Waals surface area contributed by atoms with Crippen LogP contribution in [0.2, 0.25) is 0 Å². The monoisotopic (exact) mass is 302 g/mol. The highest BCUT2D eigenvalue weighted by Gasteiger charge is 2.26. The zero-order chi connectivity index (χ0) is 15.5. The third-order valence-corrected chi connectivity index (χ3v) is 3.71. The Labute approximate surface area is 128 Å². The topological polar surface area (TPSA) is 79.1 Å². The molecule has 1 aliphatic rings. The fourth-order valence-corrected chi connectivity index (χ4v) is 2.39. The van der Waals surface area contributed by atoms with Gasteiger partial charge in [-0.2, -0.15) is 9.97 Å². The number of likely N-dealkylation sites (N-methyl/N-ethyl adjacent to an activating group) is 1. The molecular weight excluding hydrogens is 283 g/mol. The summed E-state index contributed by atoms with van der Waals surface area (Å²) in [6.45, 7) is 2.28. The normalized spacial score (nSPS) is 14.7. The number of anilines is 3. The van der Waals surface area contributed by atoms with E-state index in [1.165, 1.54) is 12.1 Å². The second-order valence-corrected chi connectivity index (χ2v) is 5.34. The SMILES string of the molecule is CNC1CN(c2cc(NCc3cccc(F)c3)nc(N)n2)C1. The Morgan fingerprint density at radius 2 is 2.14 bits per heavy atom. The lowest BCUT2D eigenvalue weighted by Crippen LogP contribution is -2.57. The van der Waals surface area contributed by atoms with Crippen molar-refractivity contribution in [3.8, 4) is 0 Å². The molecule has 1 saturated heterocycles. The first-order valence-corrected chi connectivity index (χ1v) is 7.19. The minimum atomic E-state index is -0.249. The Morgan fingerprint density at radius 1 is 1.32 bits per heavy atom. The second kappa shape index (κ2) is 6.15. The van der Waals surface area contributed by atoms with Crippen LogP contribution in [0.25, 0.3) is 0 Å². The molecule has 22 heavy (non-hydrogen) atoms. The van der Waals surface area contributed by atoms with Crippen LogP contribution < -0.4 is 21.3 Å². The van der Waals surface area contributed by atoms with Gasteiger partial charge in [0.1, 0.15) is 17.5 Å². The lowest BCUT2D eigenvalue weighted by atomic mass is 10.1. The fourth-order valence-electron chi connectivity index (χ4n) is 2.39. The number of benzene rings is 1. The molecule has 1 fully saturated rings. The number of halogens is 1. The summed E-state index contributed by atoms with van der Waals surface area (Å²) >= 11 is 0. The number of nitrogen functional groups attached to an aromatic ring is 1. The molecule has 7 heteroatoms. The zero-order valence-electron chi connectivity index (χ0n) is 12.4. The molecule has 0 aliphatic carbocycles. The Balaban J connectivity index is 1.67. The molecule has 2 aromatic rings. The number of hydrogen-bond donors (Lipinski definition) is 3. The summed E-state index contributed by atoms with van der Waals surface area (Å²) in [4.78, 5) is 10.6. The highest BCUT2D eigenvalue weighted by atomic mass is 19.1. The maximum Gasteiger partial charge on any atom is 0.223 e. The van der Waals surface area contributed by atoms with Crippen molar-refractivity contribution in [2.45, 2.75) is 12.6 Å². The van der Waals surface area contributed by atoms with E-state index >= 15 is 0 Å². The molecule has 0 bridgehead atoms. The summed E-state index contributed by atoms with van der Waals surface area (Å²) < 4.78 is 13.2. The molecule has 0 atom stereocenters. The van der Waals surface area contributed by atoms with Crippen molar-refractivity contribution in [2.75, 3.05) is 36.1 Å². The van der Waals surface area contributed by atoms with E-state index in [1.54, 1.807) is 6.07 Å². The van der Waals surface area contributed by atoms with E-state index in [4.69, 9.17) is 5.73 Å². The quantitative estimate of drug-likeness (QED) is 0.771. The number of hydrogen-bond acceptors (Lipinski definition) is 6. The van der Waals surface area contributed by atoms with Crippen LogP contribution in [0.5, 0.6) is 0 Å². The van der Waals surface area contributed by atoms with Crippen molar-refractivity contribution in [1.29, 1.82) is 0 Å². The van der Waals surface area contributed by atoms with Gasteiger partial charge in [-0.05, 0) is 24.7 Å². The van der Waals surface area contributed by atoms with Crippen molar-refractivity contribution in [3.05, 3.63) is 41.7 Å². The van der Waals surface area contributed by atoms with Crippen LogP contribution in [0, 0.1) is 5.82 Å². The Kier molecular flexibility index (Phi) is 4.06. The molecule has 0 unspecified atom stereocenters. The number of rotatable bonds is 5. The van der Waals surface area contributed by atoms with E-state index in [1.807, 2.05) is 19.2 Å². The minimum absolute atomic E-state index is 0.229. The van der Waals surface area contributed by atoms with Crippen LogP contribution in [0.4, 0.5) is 22.0 Å². The van der Waals surface area contributed by atoms with Crippen molar-refractivity contribution < 1.29 is 4.39 Å². The largest absolute Gasteiger partial charge is 0.368 e. The standard InChI is InChI=1S/C15H19FN6/c1-18-12-8-22(9-12)14-6-13(20-15(17)21-14)19-7-10-3-2-4-11(16)5-10/h2-6,12,18H,7-9H2,1H3,(H3,17,19,20,21). The van der Waals surface area contributed by atoms with Gasteiger partial charge in [-0.25, -0.2) is 4.39 Å². The maximum atomic E-state index is 13.2. The van der Waals surface area contributed by atoms with Crippen LogP contribution in [0.3, 0.4) is 0 Å². The van der Waals surface area contributed by atoms with E-state index in [0.29, 0.717) is 18.4 Å². The first kappa shape index (κ1) is 14.5. The van der Waals surface area contributed by atoms with Gasteiger partial charge in [0.2, 0.25) is 5.95 Å². The molecule has 1 aromatic carbocycles. The summed E-state index contributed by atoms with van der Waals surface area (Å²) in [5.74, 6) is 1.42. The zero-order valence-corrected chi connectivity index (χ0v) is 12.4. The van der Waals surface area contributed by atoms with E-state index in [9.17, 15) is 4.39 Å². The lowest BCUT2D eigenvalue weighted by Gasteiger charge is -2.40. The number of nitrogens with zero attached hydrogens (tertiary/aromatic N) is 3. The van der Waals surface area contributed by atoms with Crippen molar-refractivity contribution in [3.63, 3.8) is 0 Å². The molecule has 6 nitrogen and oxygen atoms in total. The van der Waals surface area contributed by atoms with E-state index < -0.39 is 0 Å². The average Bonchev–Trinajstić information content (AvgIpc) is 2.44. The molecule has 116 valence electrons. The van der Waals surface area contributed by atoms with Gasteiger partial charge in [-0.1, -0.05) is 12.1 Å². The highest BCUT2D eigenvalue weighted by Crippen LogP contribution is 2.22. The Morgan fingerprint density at radius 3 is 2.86 bits per heavy atom. The van der Waals surface area contributed by atoms with Gasteiger partial charge in [0.05, 0.1) is 0 Å². The number of aromatic nitrogens is 2. The highest BCUT2D eigenvalue weighted by molar-refractivity contribution is 5.54. The first-order valence-electron chi connectivity index (χ1n) is 7.19. The van der Waals surface area contributed by atoms with Crippen LogP contribution in [-0.4, -0.2) is 36.1 Å². The van der Waals surface area contributed by atoms with Gasteiger partial charge >= 0.3 is 0 Å². The van der Waals surface area contributed by atoms with Crippen LogP contribution in [0.1, 0.15) is 5.56 Å². The van der Waals surface area contributed by atoms with Gasteiger partial charge < -0.3 is 21.3 Å². The van der Waals surface area contributed by atoms with Crippen molar-refractivity contribution in [2.24, 2.45) is 0 Å². The fraction of sp³-hybridized carbons (Fsp3) is 0.333. The minimum Gasteiger partial charge on any atom is -0.368 e. The van der Waals surface area contributed by atoms with E-state index in [0.717, 1.165) is 24.5 Å². The number of nitrogens with one attached hydrogen (secondary N) is 2. The molecule has 0 amide bonds. The smallest absolute Gasteiger partial charge is 0.223 e. The average molecular weight is 302 g/mol. The van der Waals surface area contributed by atoms with Gasteiger partial charge in [-0.3, -0.25) is 0 Å². The summed E-state index contributed by atoms with van der Waals surface area (Å²) in [5, 5.41) is 6.37. The lowest BCUT2D eigenvalue weighted by molar-refractivity contribution is 0.447. The predicted molar refractivity (Wildman–Crippen MR) is 85.2 cm³/mol. The summed E-state index contributed by atoms with van der Waals surface area (Å²) in [6.07, 6.45) is 0. The van der Waals surface area contributed by atoms with Crippen LogP contribution >= 0.6 is 0 Å². The second-order valence-electron chi connectivity index (χ2n) is 5.34. The molecule has 1 aliphatic heterocycles. The van der Waals surface area contributed by atoms with E-state index in [-0.39, 0.29) is 11.8 Å². The third kappa shape index (κ3) is 3.25. The predicted octanol–water partition coefficient (Wildman–Crippen LogP) is 1.22. The summed E-state index contributed by atoms with van der Waals surface area (Å²) in [7, 11) is 1.95. The van der Waals surface area contributed by atoms with Gasteiger partial charge in [0.15, 0.2) is 0 Å². The van der Waals surface area contributed by atoms with Crippen LogP contribution in [0.15, 0.2) is 30.3 Å². The molecule has 0 spiro atoms. The molecule has 0 saturated carbocycles. The molecular formula is C15H19FN6. The molecule has 3 rings (SSSR count). The van der Waals surface area contributed by atoms with Crippen molar-refractivity contribution in [1.82, 2.24) is 15.3 Å². The third-order valence-electron chi connectivity index (χ3n) is 3.71. The number of nitrogens with two attached hydrogens (primary N) is 1. The summed E-state index contributed by atoms with van der Waals surface area (Å²) in [6, 6.07) is 8.80. The van der Waals surface area contributed by atoms with Gasteiger partial charge in [0.25, 0.3) is 0 Å². The van der Waals surface area contributed by atoms with Crippen molar-refractivity contribution >= 4 is 17.6 Å². The van der Waals surface area contributed by atoms with E-state index in [2.05, 4.69) is 25.5 Å². The van der Waals surface area contributed by atoms with Gasteiger partial charge in [-0.15, -0.1) is 0 Å². The van der Waals surface area contributed by atoms with Gasteiger partial charge in [0, 0.05) is 31.7 Å². The molecule has 4 N–H and O–H groups in total. The maximum absolute atomic E-state index is 13.2. The first-order chi connectivity index (χ1) is 10.6. The Bertz CT molecular complexity index is 656. The Hall–Kier alpha value is -2.41. The molecule has 2 heterocycles. The molecule has 1 aromatic heterocycles. The molecule has 0 radical (unpaired) electrons.